The normalized spacial score (nSPS) is 12.8. The standard InChI is InChI=1S/C12H16N2O3.C3H8/c1-13(2)8-17-11-4-3-9-6-14(12(15)16)7-10(9)5-11;1-3-2/h3-5H,6-8H2,1-2H3,(H,15,16);3H2,1-2H3. The van der Waals surface area contributed by atoms with Crippen molar-refractivity contribution in [1.82, 2.24) is 9.80 Å². The molecule has 1 amide bonds. The number of amides is 1. The number of hydrogen-bond acceptors (Lipinski definition) is 3. The largest absolute Gasteiger partial charge is 0.478 e. The average molecular weight is 280 g/mol. The van der Waals surface area contributed by atoms with Crippen LogP contribution in [0.25, 0.3) is 0 Å². The monoisotopic (exact) mass is 280 g/mol. The molecule has 0 aromatic heterocycles. The quantitative estimate of drug-likeness (QED) is 0.865. The van der Waals surface area contributed by atoms with Crippen molar-refractivity contribution < 1.29 is 14.6 Å². The maximum Gasteiger partial charge on any atom is 0.407 e. The van der Waals surface area contributed by atoms with Crippen molar-refractivity contribution in [3.63, 3.8) is 0 Å². The Kier molecular flexibility index (Phi) is 6.31. The first-order valence-electron chi connectivity index (χ1n) is 6.85. The van der Waals surface area contributed by atoms with Crippen LogP contribution in [0.3, 0.4) is 0 Å². The van der Waals surface area contributed by atoms with Crippen LogP contribution < -0.4 is 4.74 Å². The van der Waals surface area contributed by atoms with Crippen molar-refractivity contribution in [2.45, 2.75) is 33.4 Å². The van der Waals surface area contributed by atoms with Crippen LogP contribution in [-0.4, -0.2) is 41.8 Å². The second-order valence-electron chi connectivity index (χ2n) is 5.13. The number of hydrogen-bond donors (Lipinski definition) is 1. The van der Waals surface area contributed by atoms with E-state index in [1.54, 1.807) is 0 Å². The average Bonchev–Trinajstić information content (AvgIpc) is 2.80. The van der Waals surface area contributed by atoms with E-state index in [2.05, 4.69) is 13.8 Å². The lowest BCUT2D eigenvalue weighted by Gasteiger charge is -2.12. The van der Waals surface area contributed by atoms with E-state index in [-0.39, 0.29) is 0 Å². The van der Waals surface area contributed by atoms with Gasteiger partial charge in [-0.05, 0) is 37.4 Å². The van der Waals surface area contributed by atoms with E-state index < -0.39 is 6.09 Å². The minimum atomic E-state index is -0.878. The first kappa shape index (κ1) is 16.3. The summed E-state index contributed by atoms with van der Waals surface area (Å²) < 4.78 is 5.55. The fourth-order valence-corrected chi connectivity index (χ4v) is 1.80. The SMILES string of the molecule is CCC.CN(C)COc1ccc2c(c1)CN(C(=O)O)C2. The molecule has 0 radical (unpaired) electrons. The molecule has 112 valence electrons. The summed E-state index contributed by atoms with van der Waals surface area (Å²) in [4.78, 5) is 14.2. The Morgan fingerprint density at radius 3 is 2.45 bits per heavy atom. The molecular formula is C15H24N2O3. The van der Waals surface area contributed by atoms with Gasteiger partial charge in [-0.25, -0.2) is 4.79 Å². The molecule has 0 bridgehead atoms. The van der Waals surface area contributed by atoms with E-state index in [0.29, 0.717) is 19.8 Å². The fraction of sp³-hybridized carbons (Fsp3) is 0.533. The van der Waals surface area contributed by atoms with E-state index in [1.807, 2.05) is 37.2 Å². The van der Waals surface area contributed by atoms with Crippen LogP contribution in [0.5, 0.6) is 5.75 Å². The van der Waals surface area contributed by atoms with Crippen molar-refractivity contribution in [3.8, 4) is 5.75 Å². The number of carboxylic acid groups (broad SMARTS) is 1. The van der Waals surface area contributed by atoms with Gasteiger partial charge in [0, 0.05) is 13.1 Å². The zero-order valence-corrected chi connectivity index (χ0v) is 12.7. The summed E-state index contributed by atoms with van der Waals surface area (Å²) in [6, 6.07) is 5.73. The Balaban J connectivity index is 0.000000612. The molecule has 2 rings (SSSR count). The van der Waals surface area contributed by atoms with Gasteiger partial charge >= 0.3 is 6.09 Å². The van der Waals surface area contributed by atoms with Crippen LogP contribution in [0.4, 0.5) is 4.79 Å². The van der Waals surface area contributed by atoms with Gasteiger partial charge in [0.1, 0.15) is 12.5 Å². The highest BCUT2D eigenvalue weighted by atomic mass is 16.5. The maximum atomic E-state index is 10.9. The van der Waals surface area contributed by atoms with Gasteiger partial charge in [0.2, 0.25) is 0 Å². The lowest BCUT2D eigenvalue weighted by atomic mass is 10.1. The maximum absolute atomic E-state index is 10.9. The lowest BCUT2D eigenvalue weighted by Crippen LogP contribution is -2.22. The predicted octanol–water partition coefficient (Wildman–Crippen LogP) is 2.99. The summed E-state index contributed by atoms with van der Waals surface area (Å²) >= 11 is 0. The Morgan fingerprint density at radius 1 is 1.30 bits per heavy atom. The molecule has 5 heteroatoms. The number of rotatable bonds is 3. The molecule has 0 saturated carbocycles. The molecule has 0 aliphatic carbocycles. The zero-order chi connectivity index (χ0) is 15.1. The number of benzene rings is 1. The molecular weight excluding hydrogens is 256 g/mol. The molecule has 0 fully saturated rings. The molecule has 0 spiro atoms. The molecule has 1 aromatic carbocycles. The van der Waals surface area contributed by atoms with Crippen LogP contribution in [0, 0.1) is 0 Å². The van der Waals surface area contributed by atoms with E-state index in [4.69, 9.17) is 9.84 Å². The Hall–Kier alpha value is -1.75. The van der Waals surface area contributed by atoms with Crippen molar-refractivity contribution in [2.75, 3.05) is 20.8 Å². The molecule has 1 N–H and O–H groups in total. The summed E-state index contributed by atoms with van der Waals surface area (Å²) in [5.41, 5.74) is 2.09. The van der Waals surface area contributed by atoms with Gasteiger partial charge in [-0.3, -0.25) is 9.80 Å². The molecule has 0 atom stereocenters. The minimum absolute atomic E-state index is 0.448. The van der Waals surface area contributed by atoms with Crippen LogP contribution in [0.1, 0.15) is 31.4 Å². The Morgan fingerprint density at radius 2 is 1.90 bits per heavy atom. The van der Waals surface area contributed by atoms with E-state index in [1.165, 1.54) is 11.3 Å². The number of nitrogens with zero attached hydrogens (tertiary/aromatic N) is 2. The predicted molar refractivity (Wildman–Crippen MR) is 78.9 cm³/mol. The topological polar surface area (TPSA) is 53.0 Å². The molecule has 1 aromatic rings. The zero-order valence-electron chi connectivity index (χ0n) is 12.7. The van der Waals surface area contributed by atoms with Gasteiger partial charge in [-0.15, -0.1) is 0 Å². The first-order valence-corrected chi connectivity index (χ1v) is 6.85. The highest BCUT2D eigenvalue weighted by Crippen LogP contribution is 2.26. The van der Waals surface area contributed by atoms with Gasteiger partial charge in [0.15, 0.2) is 0 Å². The Bertz CT molecular complexity index is 447. The van der Waals surface area contributed by atoms with E-state index in [9.17, 15) is 4.79 Å². The van der Waals surface area contributed by atoms with Crippen molar-refractivity contribution in [2.24, 2.45) is 0 Å². The third-order valence-corrected chi connectivity index (χ3v) is 2.66. The molecule has 0 saturated heterocycles. The molecule has 1 heterocycles. The van der Waals surface area contributed by atoms with Gasteiger partial charge in [-0.1, -0.05) is 26.3 Å². The number of ether oxygens (including phenoxy) is 1. The van der Waals surface area contributed by atoms with Gasteiger partial charge in [0.05, 0.1) is 0 Å². The van der Waals surface area contributed by atoms with Gasteiger partial charge in [0.25, 0.3) is 0 Å². The van der Waals surface area contributed by atoms with E-state index >= 15 is 0 Å². The summed E-state index contributed by atoms with van der Waals surface area (Å²) in [6.45, 7) is 5.68. The smallest absolute Gasteiger partial charge is 0.407 e. The second-order valence-corrected chi connectivity index (χ2v) is 5.13. The number of fused-ring (bicyclic) bond motifs is 1. The minimum Gasteiger partial charge on any atom is -0.478 e. The van der Waals surface area contributed by atoms with Crippen LogP contribution in [0.2, 0.25) is 0 Å². The van der Waals surface area contributed by atoms with Crippen molar-refractivity contribution in [1.29, 1.82) is 0 Å². The van der Waals surface area contributed by atoms with Gasteiger partial charge < -0.3 is 9.84 Å². The van der Waals surface area contributed by atoms with Crippen molar-refractivity contribution in [3.05, 3.63) is 29.3 Å². The lowest BCUT2D eigenvalue weighted by molar-refractivity contribution is 0.145. The fourth-order valence-electron chi connectivity index (χ4n) is 1.80. The van der Waals surface area contributed by atoms with Crippen LogP contribution >= 0.6 is 0 Å². The molecule has 20 heavy (non-hydrogen) atoms. The molecule has 1 aliphatic rings. The summed E-state index contributed by atoms with van der Waals surface area (Å²) in [6.07, 6.45) is 0.372. The highest BCUT2D eigenvalue weighted by Gasteiger charge is 2.22. The third kappa shape index (κ3) is 4.74. The van der Waals surface area contributed by atoms with Crippen LogP contribution in [-0.2, 0) is 13.1 Å². The van der Waals surface area contributed by atoms with Crippen molar-refractivity contribution >= 4 is 6.09 Å². The summed E-state index contributed by atoms with van der Waals surface area (Å²) in [5.74, 6) is 0.782. The highest BCUT2D eigenvalue weighted by molar-refractivity contribution is 5.66. The number of carbonyl (C=O) groups is 1. The summed E-state index contributed by atoms with van der Waals surface area (Å²) in [5, 5.41) is 8.92. The molecule has 1 aliphatic heterocycles. The van der Waals surface area contributed by atoms with Gasteiger partial charge in [-0.2, -0.15) is 0 Å². The molecule has 5 nitrogen and oxygen atoms in total. The third-order valence-electron chi connectivity index (χ3n) is 2.66. The van der Waals surface area contributed by atoms with Crippen LogP contribution in [0.15, 0.2) is 18.2 Å². The Labute approximate surface area is 120 Å². The second kappa shape index (κ2) is 7.75. The molecule has 0 unspecified atom stereocenters. The first-order chi connectivity index (χ1) is 9.47. The van der Waals surface area contributed by atoms with E-state index in [0.717, 1.165) is 16.9 Å². The summed E-state index contributed by atoms with van der Waals surface area (Å²) in [7, 11) is 3.86.